The average Bonchev–Trinajstić information content (AvgIpc) is 3.03. The van der Waals surface area contributed by atoms with Gasteiger partial charge in [-0.05, 0) is 56.4 Å². The van der Waals surface area contributed by atoms with Crippen LogP contribution in [0.15, 0.2) is 22.7 Å². The van der Waals surface area contributed by atoms with Crippen LogP contribution < -0.4 is 5.32 Å². The molecular formula is C13H17BrClN. The number of nitrogens with one attached hydrogen (secondary N) is 1. The molecule has 0 aliphatic heterocycles. The number of benzene rings is 1. The van der Waals surface area contributed by atoms with Crippen LogP contribution in [0.1, 0.15) is 32.3 Å². The van der Waals surface area contributed by atoms with Gasteiger partial charge in [0, 0.05) is 21.6 Å². The summed E-state index contributed by atoms with van der Waals surface area (Å²) in [5.41, 5.74) is 1.39. The molecule has 0 radical (unpaired) electrons. The lowest BCUT2D eigenvalue weighted by Crippen LogP contribution is -2.40. The van der Waals surface area contributed by atoms with Gasteiger partial charge in [0.15, 0.2) is 0 Å². The summed E-state index contributed by atoms with van der Waals surface area (Å²) in [5.74, 6) is 0.832. The maximum atomic E-state index is 6.16. The van der Waals surface area contributed by atoms with Gasteiger partial charge < -0.3 is 5.32 Å². The molecule has 0 aromatic heterocycles. The van der Waals surface area contributed by atoms with Crippen molar-refractivity contribution in [3.05, 3.63) is 33.3 Å². The lowest BCUT2D eigenvalue weighted by molar-refractivity contribution is 0.339. The van der Waals surface area contributed by atoms with Crippen molar-refractivity contribution in [2.75, 3.05) is 0 Å². The van der Waals surface area contributed by atoms with Crippen LogP contribution in [0, 0.1) is 5.92 Å². The van der Waals surface area contributed by atoms with Crippen LogP contribution in [-0.4, -0.2) is 5.54 Å². The second-order valence-corrected chi connectivity index (χ2v) is 6.41. The molecule has 0 atom stereocenters. The maximum absolute atomic E-state index is 6.16. The smallest absolute Gasteiger partial charge is 0.0451 e. The fourth-order valence-electron chi connectivity index (χ4n) is 1.95. The van der Waals surface area contributed by atoms with Crippen molar-refractivity contribution >= 4 is 27.5 Å². The number of rotatable bonds is 4. The minimum absolute atomic E-state index is 0.228. The first-order valence-electron chi connectivity index (χ1n) is 5.68. The Bertz CT molecular complexity index is 386. The number of hydrogen-bond donors (Lipinski definition) is 1. The van der Waals surface area contributed by atoms with Crippen LogP contribution in [0.5, 0.6) is 0 Å². The lowest BCUT2D eigenvalue weighted by atomic mass is 9.98. The molecule has 0 bridgehead atoms. The molecule has 1 fully saturated rings. The third kappa shape index (κ3) is 2.99. The van der Waals surface area contributed by atoms with Gasteiger partial charge in [-0.1, -0.05) is 27.5 Å². The highest BCUT2D eigenvalue weighted by molar-refractivity contribution is 9.10. The molecule has 3 heteroatoms. The Balaban J connectivity index is 2.01. The zero-order valence-electron chi connectivity index (χ0n) is 9.69. The monoisotopic (exact) mass is 301 g/mol. The van der Waals surface area contributed by atoms with E-state index in [1.54, 1.807) is 0 Å². The van der Waals surface area contributed by atoms with Gasteiger partial charge in [-0.2, -0.15) is 0 Å². The van der Waals surface area contributed by atoms with Crippen LogP contribution in [-0.2, 0) is 6.54 Å². The number of halogens is 2. The van der Waals surface area contributed by atoms with Crippen molar-refractivity contribution in [2.24, 2.45) is 5.92 Å². The van der Waals surface area contributed by atoms with Gasteiger partial charge in [-0.3, -0.25) is 0 Å². The summed E-state index contributed by atoms with van der Waals surface area (Å²) in [7, 11) is 0. The summed E-state index contributed by atoms with van der Waals surface area (Å²) in [6.07, 6.45) is 2.71. The van der Waals surface area contributed by atoms with Crippen LogP contribution in [0.4, 0.5) is 0 Å². The Hall–Kier alpha value is -0.0500. The fraction of sp³-hybridized carbons (Fsp3) is 0.538. The minimum atomic E-state index is 0.228. The first kappa shape index (κ1) is 12.4. The second-order valence-electron chi connectivity index (χ2n) is 5.09. The van der Waals surface area contributed by atoms with E-state index in [-0.39, 0.29) is 5.54 Å². The Labute approximate surface area is 111 Å². The van der Waals surface area contributed by atoms with Crippen molar-refractivity contribution in [2.45, 2.75) is 38.8 Å². The Morgan fingerprint density at radius 1 is 1.44 bits per heavy atom. The van der Waals surface area contributed by atoms with Crippen LogP contribution in [0.25, 0.3) is 0 Å². The predicted molar refractivity (Wildman–Crippen MR) is 72.8 cm³/mol. The first-order valence-corrected chi connectivity index (χ1v) is 6.85. The normalized spacial score (nSPS) is 16.5. The summed E-state index contributed by atoms with van der Waals surface area (Å²) < 4.78 is 1.08. The molecular weight excluding hydrogens is 286 g/mol. The molecule has 0 heterocycles. The van der Waals surface area contributed by atoms with Crippen molar-refractivity contribution in [3.63, 3.8) is 0 Å². The van der Waals surface area contributed by atoms with Gasteiger partial charge >= 0.3 is 0 Å². The molecule has 1 nitrogen and oxygen atoms in total. The summed E-state index contributed by atoms with van der Waals surface area (Å²) in [6, 6.07) is 5.99. The first-order chi connectivity index (χ1) is 7.49. The Morgan fingerprint density at radius 3 is 2.75 bits per heavy atom. The van der Waals surface area contributed by atoms with Crippen molar-refractivity contribution in [1.29, 1.82) is 0 Å². The molecule has 0 spiro atoms. The van der Waals surface area contributed by atoms with E-state index < -0.39 is 0 Å². The second kappa shape index (κ2) is 4.67. The fourth-order valence-corrected chi connectivity index (χ4v) is 2.54. The standard InChI is InChI=1S/C13H17BrClN/c1-13(2,10-3-4-10)16-8-9-7-11(14)5-6-12(9)15/h5-7,10,16H,3-4,8H2,1-2H3. The van der Waals surface area contributed by atoms with E-state index in [1.807, 2.05) is 12.1 Å². The highest BCUT2D eigenvalue weighted by Gasteiger charge is 2.37. The molecule has 2 rings (SSSR count). The summed E-state index contributed by atoms with van der Waals surface area (Å²) in [4.78, 5) is 0. The quantitative estimate of drug-likeness (QED) is 0.870. The van der Waals surface area contributed by atoms with Gasteiger partial charge in [0.1, 0.15) is 0 Å². The average molecular weight is 303 g/mol. The van der Waals surface area contributed by atoms with E-state index in [1.165, 1.54) is 12.8 Å². The molecule has 1 N–H and O–H groups in total. The molecule has 0 unspecified atom stereocenters. The third-order valence-electron chi connectivity index (χ3n) is 3.34. The molecule has 0 amide bonds. The van der Waals surface area contributed by atoms with Gasteiger partial charge in [0.05, 0.1) is 0 Å². The van der Waals surface area contributed by atoms with Crippen LogP contribution >= 0.6 is 27.5 Å². The molecule has 88 valence electrons. The van der Waals surface area contributed by atoms with E-state index in [2.05, 4.69) is 41.2 Å². The molecule has 16 heavy (non-hydrogen) atoms. The molecule has 0 saturated heterocycles. The molecule has 1 aromatic rings. The SMILES string of the molecule is CC(C)(NCc1cc(Br)ccc1Cl)C1CC1. The zero-order valence-corrected chi connectivity index (χ0v) is 12.0. The van der Waals surface area contributed by atoms with Gasteiger partial charge in [-0.25, -0.2) is 0 Å². The molecule has 1 aliphatic rings. The van der Waals surface area contributed by atoms with E-state index in [9.17, 15) is 0 Å². The van der Waals surface area contributed by atoms with Crippen molar-refractivity contribution in [1.82, 2.24) is 5.32 Å². The zero-order chi connectivity index (χ0) is 11.8. The van der Waals surface area contributed by atoms with E-state index >= 15 is 0 Å². The Morgan fingerprint density at radius 2 is 2.12 bits per heavy atom. The summed E-state index contributed by atoms with van der Waals surface area (Å²) >= 11 is 9.63. The van der Waals surface area contributed by atoms with Gasteiger partial charge in [-0.15, -0.1) is 0 Å². The third-order valence-corrected chi connectivity index (χ3v) is 4.20. The highest BCUT2D eigenvalue weighted by atomic mass is 79.9. The Kier molecular flexibility index (Phi) is 3.62. The molecule has 1 aliphatic carbocycles. The van der Waals surface area contributed by atoms with Crippen LogP contribution in [0.3, 0.4) is 0 Å². The maximum Gasteiger partial charge on any atom is 0.0451 e. The summed E-state index contributed by atoms with van der Waals surface area (Å²) in [5, 5.41) is 4.44. The van der Waals surface area contributed by atoms with E-state index in [0.717, 1.165) is 27.5 Å². The topological polar surface area (TPSA) is 12.0 Å². The lowest BCUT2D eigenvalue weighted by Gasteiger charge is -2.26. The summed E-state index contributed by atoms with van der Waals surface area (Å²) in [6.45, 7) is 5.38. The van der Waals surface area contributed by atoms with Crippen molar-refractivity contribution < 1.29 is 0 Å². The van der Waals surface area contributed by atoms with Gasteiger partial charge in [0.2, 0.25) is 0 Å². The predicted octanol–water partition coefficient (Wildman–Crippen LogP) is 4.38. The highest BCUT2D eigenvalue weighted by Crippen LogP contribution is 2.39. The molecule has 1 saturated carbocycles. The van der Waals surface area contributed by atoms with Crippen LogP contribution in [0.2, 0.25) is 5.02 Å². The van der Waals surface area contributed by atoms with E-state index in [0.29, 0.717) is 0 Å². The van der Waals surface area contributed by atoms with E-state index in [4.69, 9.17) is 11.6 Å². The van der Waals surface area contributed by atoms with Gasteiger partial charge in [0.25, 0.3) is 0 Å². The largest absolute Gasteiger partial charge is 0.307 e. The van der Waals surface area contributed by atoms with Crippen molar-refractivity contribution in [3.8, 4) is 0 Å². The molecule has 1 aromatic carbocycles. The minimum Gasteiger partial charge on any atom is -0.307 e. The number of hydrogen-bond acceptors (Lipinski definition) is 1.